The third kappa shape index (κ3) is 5.31. The number of anilines is 1. The van der Waals surface area contributed by atoms with Gasteiger partial charge < -0.3 is 15.5 Å². The lowest BCUT2D eigenvalue weighted by atomic mass is 10.2. The average Bonchev–Trinajstić information content (AvgIpc) is 2.52. The molecule has 8 nitrogen and oxygen atoms in total. The van der Waals surface area contributed by atoms with Crippen molar-refractivity contribution in [3.63, 3.8) is 0 Å². The standard InChI is InChI=1S/C17H18N4O4/c1-10-4-3-5-15(18-10)19-16(24)8-11(2)20-21-17(25)13-7-6-12(22)9-14(13)23/h3-7,9,22-23H,8H2,1-2H3,(H,21,25)(H,18,19,24). The summed E-state index contributed by atoms with van der Waals surface area (Å²) in [6, 6.07) is 8.86. The largest absolute Gasteiger partial charge is 0.508 e. The lowest BCUT2D eigenvalue weighted by Gasteiger charge is -2.06. The third-order valence-electron chi connectivity index (χ3n) is 3.15. The van der Waals surface area contributed by atoms with E-state index in [1.807, 2.05) is 13.0 Å². The minimum absolute atomic E-state index is 0.0303. The molecule has 0 saturated carbocycles. The van der Waals surface area contributed by atoms with Crippen LogP contribution >= 0.6 is 0 Å². The van der Waals surface area contributed by atoms with Gasteiger partial charge in [0.2, 0.25) is 5.91 Å². The Morgan fingerprint density at radius 1 is 1.20 bits per heavy atom. The molecule has 0 atom stereocenters. The molecule has 0 fully saturated rings. The monoisotopic (exact) mass is 342 g/mol. The summed E-state index contributed by atoms with van der Waals surface area (Å²) in [5.41, 5.74) is 3.36. The van der Waals surface area contributed by atoms with Crippen LogP contribution in [0.25, 0.3) is 0 Å². The van der Waals surface area contributed by atoms with Gasteiger partial charge in [-0.05, 0) is 38.1 Å². The number of nitrogens with zero attached hydrogens (tertiary/aromatic N) is 2. The van der Waals surface area contributed by atoms with Crippen LogP contribution < -0.4 is 10.7 Å². The van der Waals surface area contributed by atoms with E-state index in [1.165, 1.54) is 12.1 Å². The Kier molecular flexibility index (Phi) is 5.67. The number of amides is 2. The normalized spacial score (nSPS) is 11.0. The predicted molar refractivity (Wildman–Crippen MR) is 92.6 cm³/mol. The molecule has 130 valence electrons. The summed E-state index contributed by atoms with van der Waals surface area (Å²) in [6.45, 7) is 3.40. The van der Waals surface area contributed by atoms with Crippen molar-refractivity contribution in [2.75, 3.05) is 5.32 Å². The molecular weight excluding hydrogens is 324 g/mol. The molecule has 2 amide bonds. The van der Waals surface area contributed by atoms with Crippen LogP contribution in [-0.2, 0) is 4.79 Å². The molecule has 2 aromatic rings. The lowest BCUT2D eigenvalue weighted by Crippen LogP contribution is -2.21. The van der Waals surface area contributed by atoms with Crippen LogP contribution in [0.4, 0.5) is 5.82 Å². The van der Waals surface area contributed by atoms with Crippen molar-refractivity contribution >= 4 is 23.3 Å². The van der Waals surface area contributed by atoms with Gasteiger partial charge in [0.25, 0.3) is 5.91 Å². The highest BCUT2D eigenvalue weighted by Gasteiger charge is 2.11. The Morgan fingerprint density at radius 3 is 2.64 bits per heavy atom. The maximum absolute atomic E-state index is 11.9. The van der Waals surface area contributed by atoms with Gasteiger partial charge in [0.1, 0.15) is 17.3 Å². The van der Waals surface area contributed by atoms with Gasteiger partial charge in [-0.3, -0.25) is 9.59 Å². The molecule has 0 spiro atoms. The first-order valence-electron chi connectivity index (χ1n) is 7.44. The Labute approximate surface area is 144 Å². The van der Waals surface area contributed by atoms with E-state index >= 15 is 0 Å². The Balaban J connectivity index is 1.92. The average molecular weight is 342 g/mol. The zero-order valence-electron chi connectivity index (χ0n) is 13.8. The molecule has 0 saturated heterocycles. The number of carbonyl (C=O) groups excluding carboxylic acids is 2. The van der Waals surface area contributed by atoms with Crippen LogP contribution in [0.1, 0.15) is 29.4 Å². The van der Waals surface area contributed by atoms with Crippen LogP contribution in [0.5, 0.6) is 11.5 Å². The molecule has 1 aromatic heterocycles. The Bertz CT molecular complexity index is 833. The van der Waals surface area contributed by atoms with Crippen LogP contribution in [0.2, 0.25) is 0 Å². The van der Waals surface area contributed by atoms with E-state index in [2.05, 4.69) is 20.8 Å². The van der Waals surface area contributed by atoms with Crippen molar-refractivity contribution in [1.29, 1.82) is 0 Å². The number of hydrazone groups is 1. The molecule has 0 aliphatic heterocycles. The first-order chi connectivity index (χ1) is 11.8. The molecule has 0 aliphatic carbocycles. The van der Waals surface area contributed by atoms with Crippen molar-refractivity contribution in [2.45, 2.75) is 20.3 Å². The molecule has 0 radical (unpaired) electrons. The lowest BCUT2D eigenvalue weighted by molar-refractivity contribution is -0.115. The highest BCUT2D eigenvalue weighted by molar-refractivity contribution is 6.06. The van der Waals surface area contributed by atoms with Gasteiger partial charge in [0.15, 0.2) is 0 Å². The van der Waals surface area contributed by atoms with E-state index in [9.17, 15) is 19.8 Å². The molecule has 0 aliphatic rings. The highest BCUT2D eigenvalue weighted by Crippen LogP contribution is 2.22. The zero-order valence-corrected chi connectivity index (χ0v) is 13.8. The number of hydrogen-bond donors (Lipinski definition) is 4. The molecule has 1 heterocycles. The van der Waals surface area contributed by atoms with E-state index < -0.39 is 5.91 Å². The number of rotatable bonds is 5. The minimum Gasteiger partial charge on any atom is -0.508 e. The fraction of sp³-hybridized carbons (Fsp3) is 0.176. The number of benzene rings is 1. The van der Waals surface area contributed by atoms with Gasteiger partial charge >= 0.3 is 0 Å². The Morgan fingerprint density at radius 2 is 1.96 bits per heavy atom. The molecule has 8 heteroatoms. The number of hydrogen-bond acceptors (Lipinski definition) is 6. The van der Waals surface area contributed by atoms with E-state index in [-0.39, 0.29) is 29.4 Å². The first-order valence-corrected chi connectivity index (χ1v) is 7.44. The molecule has 0 unspecified atom stereocenters. The van der Waals surface area contributed by atoms with E-state index in [4.69, 9.17) is 0 Å². The SMILES string of the molecule is CC(CC(=O)Nc1cccc(C)n1)=NNC(=O)c1ccc(O)cc1O. The summed E-state index contributed by atoms with van der Waals surface area (Å²) in [6.07, 6.45) is -0.0303. The number of pyridine rings is 1. The smallest absolute Gasteiger partial charge is 0.275 e. The van der Waals surface area contributed by atoms with Gasteiger partial charge in [-0.15, -0.1) is 0 Å². The number of carbonyl (C=O) groups is 2. The van der Waals surface area contributed by atoms with Crippen molar-refractivity contribution in [1.82, 2.24) is 10.4 Å². The van der Waals surface area contributed by atoms with Crippen LogP contribution in [0.3, 0.4) is 0 Å². The van der Waals surface area contributed by atoms with Crippen molar-refractivity contribution in [2.24, 2.45) is 5.10 Å². The number of phenols is 2. The summed E-state index contributed by atoms with van der Waals surface area (Å²) < 4.78 is 0. The summed E-state index contributed by atoms with van der Waals surface area (Å²) in [4.78, 5) is 28.0. The fourth-order valence-electron chi connectivity index (χ4n) is 1.99. The third-order valence-corrected chi connectivity index (χ3v) is 3.15. The molecule has 1 aromatic carbocycles. The second-order valence-corrected chi connectivity index (χ2v) is 5.38. The summed E-state index contributed by atoms with van der Waals surface area (Å²) in [7, 11) is 0. The molecule has 0 bridgehead atoms. The predicted octanol–water partition coefficient (Wildman–Crippen LogP) is 1.94. The second kappa shape index (κ2) is 7.91. The fourth-order valence-corrected chi connectivity index (χ4v) is 1.99. The quantitative estimate of drug-likeness (QED) is 0.488. The maximum atomic E-state index is 11.9. The first kappa shape index (κ1) is 17.9. The minimum atomic E-state index is -0.655. The Hall–Kier alpha value is -3.42. The number of aromatic nitrogens is 1. The molecule has 25 heavy (non-hydrogen) atoms. The van der Waals surface area contributed by atoms with Gasteiger partial charge in [0.05, 0.1) is 12.0 Å². The van der Waals surface area contributed by atoms with Gasteiger partial charge in [0, 0.05) is 17.5 Å². The topological polar surface area (TPSA) is 124 Å². The molecule has 2 rings (SSSR count). The number of aryl methyl sites for hydroxylation is 1. The number of nitrogens with one attached hydrogen (secondary N) is 2. The zero-order chi connectivity index (χ0) is 18.4. The molecule has 4 N–H and O–H groups in total. The highest BCUT2D eigenvalue weighted by atomic mass is 16.3. The van der Waals surface area contributed by atoms with Crippen LogP contribution in [0, 0.1) is 6.92 Å². The number of aromatic hydroxyl groups is 2. The van der Waals surface area contributed by atoms with Gasteiger partial charge in [-0.2, -0.15) is 5.10 Å². The summed E-state index contributed by atoms with van der Waals surface area (Å²) >= 11 is 0. The van der Waals surface area contributed by atoms with Gasteiger partial charge in [-0.1, -0.05) is 6.07 Å². The van der Waals surface area contributed by atoms with Crippen LogP contribution in [0.15, 0.2) is 41.5 Å². The maximum Gasteiger partial charge on any atom is 0.275 e. The van der Waals surface area contributed by atoms with Crippen LogP contribution in [-0.4, -0.2) is 32.7 Å². The van der Waals surface area contributed by atoms with E-state index in [0.29, 0.717) is 11.5 Å². The second-order valence-electron chi connectivity index (χ2n) is 5.38. The van der Waals surface area contributed by atoms with Crippen molar-refractivity contribution < 1.29 is 19.8 Å². The van der Waals surface area contributed by atoms with Crippen molar-refractivity contribution in [3.8, 4) is 11.5 Å². The van der Waals surface area contributed by atoms with Gasteiger partial charge in [-0.25, -0.2) is 10.4 Å². The molecular formula is C17H18N4O4. The van der Waals surface area contributed by atoms with Crippen molar-refractivity contribution in [3.05, 3.63) is 47.7 Å². The van der Waals surface area contributed by atoms with E-state index in [1.54, 1.807) is 19.1 Å². The number of phenolic OH excluding ortho intramolecular Hbond substituents is 2. The summed E-state index contributed by atoms with van der Waals surface area (Å²) in [5.74, 6) is -1.06. The van der Waals surface area contributed by atoms with E-state index in [0.717, 1.165) is 11.8 Å². The summed E-state index contributed by atoms with van der Waals surface area (Å²) in [5, 5.41) is 25.3.